The summed E-state index contributed by atoms with van der Waals surface area (Å²) in [5.74, 6) is -3.15. The molecule has 31 heavy (non-hydrogen) atoms. The van der Waals surface area contributed by atoms with Crippen molar-refractivity contribution in [1.82, 2.24) is 15.1 Å². The molecule has 11 heteroatoms. The summed E-state index contributed by atoms with van der Waals surface area (Å²) in [5, 5.41) is 25.7. The first kappa shape index (κ1) is 22.0. The average molecular weight is 447 g/mol. The molecule has 3 aromatic rings. The molecule has 1 atom stereocenters. The fraction of sp³-hybridized carbons (Fsp3) is 0.150. The molecule has 1 heterocycles. The van der Waals surface area contributed by atoms with Crippen LogP contribution in [-0.4, -0.2) is 46.5 Å². The first-order valence-electron chi connectivity index (χ1n) is 8.93. The smallest absolute Gasteiger partial charge is 0.305 e. The number of para-hydroxylation sites is 1. The number of carboxylic acids is 1. The molecule has 0 fully saturated rings. The molecule has 0 saturated carbocycles. The SMILES string of the molecule is CS(=O)(=O)c1ccc(C(CC(=O)O)NC(=O)c2cc(O)n(-c3ccccc3F)n2)cc1. The zero-order chi connectivity index (χ0) is 22.8. The number of carbonyl (C=O) groups is 2. The van der Waals surface area contributed by atoms with E-state index in [1.165, 1.54) is 48.5 Å². The lowest BCUT2D eigenvalue weighted by molar-refractivity contribution is -0.137. The van der Waals surface area contributed by atoms with Crippen molar-refractivity contribution in [1.29, 1.82) is 0 Å². The van der Waals surface area contributed by atoms with E-state index < -0.39 is 45.9 Å². The minimum atomic E-state index is -3.44. The number of nitrogens with one attached hydrogen (secondary N) is 1. The van der Waals surface area contributed by atoms with Crippen LogP contribution in [0.5, 0.6) is 5.88 Å². The van der Waals surface area contributed by atoms with Crippen LogP contribution in [0.4, 0.5) is 4.39 Å². The molecule has 0 aliphatic rings. The molecule has 0 saturated heterocycles. The molecule has 0 radical (unpaired) electrons. The highest BCUT2D eigenvalue weighted by molar-refractivity contribution is 7.90. The number of rotatable bonds is 7. The Balaban J connectivity index is 1.87. The predicted octanol–water partition coefficient (Wildman–Crippen LogP) is 2.07. The fourth-order valence-electron chi connectivity index (χ4n) is 2.89. The van der Waals surface area contributed by atoms with Crippen LogP contribution >= 0.6 is 0 Å². The highest BCUT2D eigenvalue weighted by Crippen LogP contribution is 2.23. The molecule has 1 unspecified atom stereocenters. The van der Waals surface area contributed by atoms with Gasteiger partial charge in [-0.2, -0.15) is 9.78 Å². The van der Waals surface area contributed by atoms with Crippen LogP contribution < -0.4 is 5.32 Å². The maximum atomic E-state index is 14.0. The highest BCUT2D eigenvalue weighted by atomic mass is 32.2. The summed E-state index contributed by atoms with van der Waals surface area (Å²) in [4.78, 5) is 23.9. The van der Waals surface area contributed by atoms with Gasteiger partial charge < -0.3 is 15.5 Å². The number of amides is 1. The van der Waals surface area contributed by atoms with Gasteiger partial charge in [-0.3, -0.25) is 9.59 Å². The third-order valence-electron chi connectivity index (χ3n) is 4.40. The van der Waals surface area contributed by atoms with Gasteiger partial charge in [0.15, 0.2) is 15.5 Å². The fourth-order valence-corrected chi connectivity index (χ4v) is 3.52. The van der Waals surface area contributed by atoms with Crippen LogP contribution in [0.2, 0.25) is 0 Å². The minimum Gasteiger partial charge on any atom is -0.493 e. The Kier molecular flexibility index (Phi) is 6.07. The van der Waals surface area contributed by atoms with Gasteiger partial charge in [0.1, 0.15) is 11.5 Å². The Bertz CT molecular complexity index is 1240. The van der Waals surface area contributed by atoms with E-state index in [-0.39, 0.29) is 16.3 Å². The van der Waals surface area contributed by atoms with Gasteiger partial charge in [-0.25, -0.2) is 12.8 Å². The number of sulfone groups is 1. The first-order chi connectivity index (χ1) is 14.6. The molecule has 0 bridgehead atoms. The van der Waals surface area contributed by atoms with Gasteiger partial charge >= 0.3 is 5.97 Å². The second kappa shape index (κ2) is 8.56. The van der Waals surface area contributed by atoms with E-state index in [9.17, 15) is 32.6 Å². The van der Waals surface area contributed by atoms with E-state index in [1.54, 1.807) is 0 Å². The monoisotopic (exact) mass is 447 g/mol. The summed E-state index contributed by atoms with van der Waals surface area (Å²) < 4.78 is 38.0. The molecule has 2 aromatic carbocycles. The normalized spacial score (nSPS) is 12.3. The summed E-state index contributed by atoms with van der Waals surface area (Å²) in [7, 11) is -3.44. The molecular weight excluding hydrogens is 429 g/mol. The summed E-state index contributed by atoms with van der Waals surface area (Å²) in [6, 6.07) is 11.0. The average Bonchev–Trinajstić information content (AvgIpc) is 3.08. The largest absolute Gasteiger partial charge is 0.493 e. The van der Waals surface area contributed by atoms with Gasteiger partial charge in [0, 0.05) is 12.3 Å². The second-order valence-electron chi connectivity index (χ2n) is 6.72. The van der Waals surface area contributed by atoms with Crippen LogP contribution in [0.25, 0.3) is 5.69 Å². The van der Waals surface area contributed by atoms with Crippen molar-refractivity contribution in [2.24, 2.45) is 0 Å². The molecule has 1 aromatic heterocycles. The zero-order valence-electron chi connectivity index (χ0n) is 16.2. The third kappa shape index (κ3) is 5.07. The van der Waals surface area contributed by atoms with Crippen LogP contribution in [-0.2, 0) is 14.6 Å². The van der Waals surface area contributed by atoms with Crippen LogP contribution in [0.3, 0.4) is 0 Å². The Labute approximate surface area is 176 Å². The minimum absolute atomic E-state index is 0.0465. The number of hydrogen-bond acceptors (Lipinski definition) is 6. The maximum absolute atomic E-state index is 14.0. The lowest BCUT2D eigenvalue weighted by Crippen LogP contribution is -2.30. The van der Waals surface area contributed by atoms with Crippen molar-refractivity contribution in [2.45, 2.75) is 17.4 Å². The Morgan fingerprint density at radius 1 is 1.16 bits per heavy atom. The number of nitrogens with zero attached hydrogens (tertiary/aromatic N) is 2. The number of hydrogen-bond donors (Lipinski definition) is 3. The van der Waals surface area contributed by atoms with Crippen LogP contribution in [0.1, 0.15) is 28.5 Å². The van der Waals surface area contributed by atoms with Crippen molar-refractivity contribution in [3.63, 3.8) is 0 Å². The first-order valence-corrected chi connectivity index (χ1v) is 10.8. The van der Waals surface area contributed by atoms with E-state index in [0.717, 1.165) is 17.0 Å². The van der Waals surface area contributed by atoms with E-state index in [1.807, 2.05) is 0 Å². The summed E-state index contributed by atoms with van der Waals surface area (Å²) in [6.45, 7) is 0. The lowest BCUT2D eigenvalue weighted by atomic mass is 10.0. The van der Waals surface area contributed by atoms with Gasteiger partial charge in [0.2, 0.25) is 5.88 Å². The van der Waals surface area contributed by atoms with Crippen LogP contribution in [0.15, 0.2) is 59.5 Å². The van der Waals surface area contributed by atoms with Gasteiger partial charge in [-0.15, -0.1) is 0 Å². The Morgan fingerprint density at radius 2 is 1.81 bits per heavy atom. The summed E-state index contributed by atoms with van der Waals surface area (Å²) >= 11 is 0. The van der Waals surface area contributed by atoms with Crippen molar-refractivity contribution in [2.75, 3.05) is 6.26 Å². The van der Waals surface area contributed by atoms with Gasteiger partial charge in [0.05, 0.1) is 17.4 Å². The number of halogens is 1. The molecule has 9 nitrogen and oxygen atoms in total. The van der Waals surface area contributed by atoms with E-state index in [0.29, 0.717) is 5.56 Å². The van der Waals surface area contributed by atoms with Crippen molar-refractivity contribution in [3.8, 4) is 11.6 Å². The van der Waals surface area contributed by atoms with Crippen molar-refractivity contribution in [3.05, 3.63) is 71.7 Å². The van der Waals surface area contributed by atoms with Crippen molar-refractivity contribution >= 4 is 21.7 Å². The topological polar surface area (TPSA) is 139 Å². The predicted molar refractivity (Wildman–Crippen MR) is 107 cm³/mol. The number of carbonyl (C=O) groups excluding carboxylic acids is 1. The van der Waals surface area contributed by atoms with Gasteiger partial charge in [-0.05, 0) is 29.8 Å². The quantitative estimate of drug-likeness (QED) is 0.504. The van der Waals surface area contributed by atoms with Crippen LogP contribution in [0, 0.1) is 5.82 Å². The highest BCUT2D eigenvalue weighted by Gasteiger charge is 2.23. The zero-order valence-corrected chi connectivity index (χ0v) is 17.0. The number of aromatic nitrogens is 2. The Morgan fingerprint density at radius 3 is 2.39 bits per heavy atom. The number of aliphatic carboxylic acids is 1. The van der Waals surface area contributed by atoms with Gasteiger partial charge in [-0.1, -0.05) is 24.3 Å². The number of benzene rings is 2. The molecule has 3 rings (SSSR count). The summed E-state index contributed by atoms with van der Waals surface area (Å²) in [6.07, 6.45) is 0.556. The standard InChI is InChI=1S/C20H18FN3O6S/c1-31(29,30)13-8-6-12(7-9-13)15(11-19(26)27)22-20(28)16-10-18(25)24(23-16)17-5-3-2-4-14(17)21/h2-10,15,25H,11H2,1H3,(H,22,28)(H,26,27). The van der Waals surface area contributed by atoms with E-state index in [2.05, 4.69) is 10.4 Å². The second-order valence-corrected chi connectivity index (χ2v) is 8.73. The van der Waals surface area contributed by atoms with E-state index in [4.69, 9.17) is 0 Å². The summed E-state index contributed by atoms with van der Waals surface area (Å²) in [5.41, 5.74) is 0.0299. The molecule has 3 N–H and O–H groups in total. The maximum Gasteiger partial charge on any atom is 0.305 e. The third-order valence-corrected chi connectivity index (χ3v) is 5.53. The molecule has 162 valence electrons. The molecule has 0 aliphatic heterocycles. The molecule has 0 aliphatic carbocycles. The van der Waals surface area contributed by atoms with Crippen molar-refractivity contribution < 1.29 is 32.6 Å². The number of carboxylic acid groups (broad SMARTS) is 1. The lowest BCUT2D eigenvalue weighted by Gasteiger charge is -2.17. The van der Waals surface area contributed by atoms with E-state index >= 15 is 0 Å². The Hall–Kier alpha value is -3.73. The molecule has 0 spiro atoms. The molecular formula is C20H18FN3O6S. The molecule has 1 amide bonds. The van der Waals surface area contributed by atoms with Gasteiger partial charge in [0.25, 0.3) is 5.91 Å². The number of aromatic hydroxyl groups is 1.